The minimum absolute atomic E-state index is 0.0708. The van der Waals surface area contributed by atoms with E-state index >= 15 is 0 Å². The van der Waals surface area contributed by atoms with Crippen molar-refractivity contribution in [1.82, 2.24) is 0 Å². The Hall–Kier alpha value is -2.66. The van der Waals surface area contributed by atoms with Gasteiger partial charge in [-0.2, -0.15) is 0 Å². The molecule has 0 aromatic heterocycles. The van der Waals surface area contributed by atoms with Gasteiger partial charge in [-0.25, -0.2) is 0 Å². The van der Waals surface area contributed by atoms with Gasteiger partial charge in [-0.3, -0.25) is 9.59 Å². The molecule has 1 unspecified atom stereocenters. The zero-order chi connectivity index (χ0) is 46.3. The highest BCUT2D eigenvalue weighted by molar-refractivity contribution is 5.70. The summed E-state index contributed by atoms with van der Waals surface area (Å²) in [7, 11) is 0. The molecule has 1 atom stereocenters. The minimum Gasteiger partial charge on any atom is -0.462 e. The van der Waals surface area contributed by atoms with E-state index in [0.29, 0.717) is 19.4 Å². The van der Waals surface area contributed by atoms with Gasteiger partial charge in [0.1, 0.15) is 6.61 Å². The van der Waals surface area contributed by atoms with Crippen molar-refractivity contribution < 1.29 is 23.8 Å². The van der Waals surface area contributed by atoms with Crippen LogP contribution in [0.4, 0.5) is 0 Å². The van der Waals surface area contributed by atoms with Crippen LogP contribution in [0.2, 0.25) is 0 Å². The van der Waals surface area contributed by atoms with Gasteiger partial charge in [-0.1, -0.05) is 216 Å². The average Bonchev–Trinajstić information content (AvgIpc) is 3.30. The second-order valence-electron chi connectivity index (χ2n) is 18.1. The summed E-state index contributed by atoms with van der Waals surface area (Å²) in [6.45, 7) is 7.68. The molecule has 0 spiro atoms. The minimum atomic E-state index is -0.551. The normalized spacial score (nSPS) is 12.7. The van der Waals surface area contributed by atoms with E-state index < -0.39 is 6.10 Å². The van der Waals surface area contributed by atoms with E-state index in [1.54, 1.807) is 0 Å². The van der Waals surface area contributed by atoms with Crippen LogP contribution < -0.4 is 0 Å². The lowest BCUT2D eigenvalue weighted by molar-refractivity contribution is -0.163. The van der Waals surface area contributed by atoms with Crippen molar-refractivity contribution in [2.75, 3.05) is 19.8 Å². The molecule has 0 saturated carbocycles. The number of hydrogen-bond acceptors (Lipinski definition) is 5. The fourth-order valence-corrected chi connectivity index (χ4v) is 7.61. The first-order chi connectivity index (χ1) is 31.6. The summed E-state index contributed by atoms with van der Waals surface area (Å²) < 4.78 is 17.4. The number of ether oxygens (including phenoxy) is 3. The predicted octanol–water partition coefficient (Wildman–Crippen LogP) is 18.7. The molecule has 0 saturated heterocycles. The second-order valence-corrected chi connectivity index (χ2v) is 18.1. The van der Waals surface area contributed by atoms with Crippen LogP contribution in [0, 0.1) is 0 Å². The predicted molar refractivity (Wildman–Crippen MR) is 279 cm³/mol. The summed E-state index contributed by atoms with van der Waals surface area (Å²) >= 11 is 0. The lowest BCUT2D eigenvalue weighted by atomic mass is 10.1. The van der Waals surface area contributed by atoms with Crippen molar-refractivity contribution in [1.29, 1.82) is 0 Å². The lowest BCUT2D eigenvalue weighted by Crippen LogP contribution is -2.30. The summed E-state index contributed by atoms with van der Waals surface area (Å²) in [5, 5.41) is 0. The van der Waals surface area contributed by atoms with E-state index in [4.69, 9.17) is 14.2 Å². The van der Waals surface area contributed by atoms with Crippen LogP contribution in [0.5, 0.6) is 0 Å². The highest BCUT2D eigenvalue weighted by atomic mass is 16.6. The number of carbonyl (C=O) groups excluding carboxylic acids is 2. The third-order valence-electron chi connectivity index (χ3n) is 11.7. The van der Waals surface area contributed by atoms with Crippen LogP contribution in [-0.4, -0.2) is 37.9 Å². The molecule has 0 aliphatic rings. The van der Waals surface area contributed by atoms with Crippen LogP contribution in [0.3, 0.4) is 0 Å². The van der Waals surface area contributed by atoms with E-state index in [0.717, 1.165) is 89.9 Å². The Labute approximate surface area is 397 Å². The Morgan fingerprint density at radius 3 is 1.16 bits per heavy atom. The molecular weight excluding hydrogens is 789 g/mol. The molecule has 0 aromatic carbocycles. The molecule has 0 aromatic rings. The van der Waals surface area contributed by atoms with Gasteiger partial charge in [-0.05, 0) is 109 Å². The van der Waals surface area contributed by atoms with Gasteiger partial charge in [-0.15, -0.1) is 0 Å². The third kappa shape index (κ3) is 52.0. The zero-order valence-electron chi connectivity index (χ0n) is 42.5. The van der Waals surface area contributed by atoms with Crippen LogP contribution >= 0.6 is 0 Å². The number of esters is 2. The van der Waals surface area contributed by atoms with Gasteiger partial charge in [0.15, 0.2) is 6.10 Å². The fourth-order valence-electron chi connectivity index (χ4n) is 7.61. The van der Waals surface area contributed by atoms with E-state index in [-0.39, 0.29) is 25.2 Å². The summed E-state index contributed by atoms with van der Waals surface area (Å²) in [5.41, 5.74) is 0. The lowest BCUT2D eigenvalue weighted by Gasteiger charge is -2.18. The summed E-state index contributed by atoms with van der Waals surface area (Å²) in [4.78, 5) is 25.4. The Morgan fingerprint density at radius 2 is 0.703 bits per heavy atom. The highest BCUT2D eigenvalue weighted by Crippen LogP contribution is 2.14. The molecule has 370 valence electrons. The molecule has 0 N–H and O–H groups in total. The number of hydrogen-bond donors (Lipinski definition) is 0. The van der Waals surface area contributed by atoms with Gasteiger partial charge >= 0.3 is 11.9 Å². The number of rotatable bonds is 50. The largest absolute Gasteiger partial charge is 0.462 e. The zero-order valence-corrected chi connectivity index (χ0v) is 42.5. The molecule has 0 amide bonds. The van der Waals surface area contributed by atoms with Gasteiger partial charge in [0.05, 0.1) is 6.61 Å². The van der Waals surface area contributed by atoms with Crippen molar-refractivity contribution >= 4 is 11.9 Å². The van der Waals surface area contributed by atoms with E-state index in [2.05, 4.69) is 93.7 Å². The first kappa shape index (κ1) is 61.3. The standard InChI is InChI=1S/C59H104O5/c1-4-7-10-13-16-19-22-25-27-29-30-31-32-35-37-40-43-46-49-52-58(60)63-56-57(64-59(61)53-50-47-44-41-38-34-24-21-18-15-12-9-6-3)55-62-54-51-48-45-42-39-36-33-28-26-23-20-17-14-11-8-5-2/h7,10,16,19,21,24-28,30-31,57H,4-6,8-9,11-15,17-18,20,22-23,29,32-56H2,1-3H3/b10-7-,19-16-,24-21-,27-25-,28-26-,31-30-. The Balaban J connectivity index is 4.29. The molecule has 0 rings (SSSR count). The van der Waals surface area contributed by atoms with Gasteiger partial charge in [0.25, 0.3) is 0 Å². The molecule has 0 heterocycles. The number of allylic oxidation sites excluding steroid dienone is 12. The van der Waals surface area contributed by atoms with Crippen molar-refractivity contribution in [3.05, 3.63) is 72.9 Å². The first-order valence-electron chi connectivity index (χ1n) is 27.5. The Bertz CT molecular complexity index is 1150. The van der Waals surface area contributed by atoms with Gasteiger partial charge in [0, 0.05) is 19.4 Å². The van der Waals surface area contributed by atoms with Crippen molar-refractivity contribution in [3.63, 3.8) is 0 Å². The molecule has 5 nitrogen and oxygen atoms in total. The maximum absolute atomic E-state index is 12.8. The third-order valence-corrected chi connectivity index (χ3v) is 11.7. The Morgan fingerprint density at radius 1 is 0.359 bits per heavy atom. The fraction of sp³-hybridized carbons (Fsp3) is 0.763. The van der Waals surface area contributed by atoms with E-state index in [9.17, 15) is 9.59 Å². The number of carbonyl (C=O) groups is 2. The Kier molecular flexibility index (Phi) is 52.4. The second kappa shape index (κ2) is 54.7. The molecule has 0 bridgehead atoms. The number of unbranched alkanes of at least 4 members (excludes halogenated alkanes) is 27. The van der Waals surface area contributed by atoms with Crippen molar-refractivity contribution in [2.45, 2.75) is 271 Å². The molecule has 0 aliphatic heterocycles. The van der Waals surface area contributed by atoms with Gasteiger partial charge < -0.3 is 14.2 Å². The first-order valence-corrected chi connectivity index (χ1v) is 27.5. The quantitative estimate of drug-likeness (QED) is 0.0346. The van der Waals surface area contributed by atoms with Crippen LogP contribution in [0.15, 0.2) is 72.9 Å². The monoisotopic (exact) mass is 893 g/mol. The van der Waals surface area contributed by atoms with Gasteiger partial charge in [0.2, 0.25) is 0 Å². The summed E-state index contributed by atoms with van der Waals surface area (Å²) in [6, 6.07) is 0. The van der Waals surface area contributed by atoms with Crippen molar-refractivity contribution in [3.8, 4) is 0 Å². The van der Waals surface area contributed by atoms with E-state index in [1.807, 2.05) is 0 Å². The van der Waals surface area contributed by atoms with Crippen LogP contribution in [0.1, 0.15) is 265 Å². The van der Waals surface area contributed by atoms with E-state index in [1.165, 1.54) is 141 Å². The molecule has 0 aliphatic carbocycles. The summed E-state index contributed by atoms with van der Waals surface area (Å²) in [5.74, 6) is -0.421. The average molecular weight is 893 g/mol. The molecule has 5 heteroatoms. The maximum Gasteiger partial charge on any atom is 0.306 e. The maximum atomic E-state index is 12.8. The summed E-state index contributed by atoms with van der Waals surface area (Å²) in [6.07, 6.45) is 70.5. The van der Waals surface area contributed by atoms with Crippen molar-refractivity contribution in [2.24, 2.45) is 0 Å². The molecule has 0 radical (unpaired) electrons. The van der Waals surface area contributed by atoms with Crippen LogP contribution in [-0.2, 0) is 23.8 Å². The topological polar surface area (TPSA) is 61.8 Å². The SMILES string of the molecule is CC/C=C\C/C=C\C/C=C\C/C=C\CCCCCCCCC(=O)OCC(COCCCCCCCC/C=C\CCCCCCCC)OC(=O)CCCCCCC/C=C\CCCCCC. The molecular formula is C59H104O5. The smallest absolute Gasteiger partial charge is 0.306 e. The highest BCUT2D eigenvalue weighted by Gasteiger charge is 2.17. The molecule has 64 heavy (non-hydrogen) atoms. The molecule has 0 fully saturated rings. The van der Waals surface area contributed by atoms with Crippen LogP contribution in [0.25, 0.3) is 0 Å².